The van der Waals surface area contributed by atoms with Gasteiger partial charge in [0, 0.05) is 37.3 Å². The van der Waals surface area contributed by atoms with Crippen LogP contribution in [0.4, 0.5) is 0 Å². The van der Waals surface area contributed by atoms with Crippen LogP contribution >= 0.6 is 15.9 Å². The molecule has 3 rings (SSSR count). The molecule has 1 aliphatic rings. The normalized spacial score (nSPS) is 14.1. The molecule has 0 aromatic heterocycles. The largest absolute Gasteiger partial charge is 0.385 e. The van der Waals surface area contributed by atoms with Gasteiger partial charge >= 0.3 is 0 Å². The average Bonchev–Trinajstić information content (AvgIpc) is 2.87. The van der Waals surface area contributed by atoms with Crippen molar-refractivity contribution in [2.75, 3.05) is 27.4 Å². The Morgan fingerprint density at radius 2 is 1.54 bits per heavy atom. The first kappa shape index (κ1) is 17.2. The van der Waals surface area contributed by atoms with Crippen molar-refractivity contribution in [1.29, 1.82) is 5.26 Å². The third-order valence-corrected chi connectivity index (χ3v) is 5.41. The number of nitrogens with zero attached hydrogens (tertiary/aromatic N) is 1. The van der Waals surface area contributed by atoms with E-state index in [0.29, 0.717) is 18.8 Å². The van der Waals surface area contributed by atoms with Crippen molar-refractivity contribution >= 4 is 15.9 Å². The molecule has 2 aromatic carbocycles. The van der Waals surface area contributed by atoms with Gasteiger partial charge in [-0.25, -0.2) is 0 Å². The summed E-state index contributed by atoms with van der Waals surface area (Å²) in [5.41, 5.74) is 5.46. The van der Waals surface area contributed by atoms with Crippen molar-refractivity contribution in [3.63, 3.8) is 0 Å². The summed E-state index contributed by atoms with van der Waals surface area (Å²) in [5, 5.41) is 9.35. The maximum Gasteiger partial charge on any atom is 0.0991 e. The number of halogens is 1. The minimum absolute atomic E-state index is 0.187. The smallest absolute Gasteiger partial charge is 0.0991 e. The topological polar surface area (TPSA) is 42.2 Å². The van der Waals surface area contributed by atoms with Gasteiger partial charge in [-0.15, -0.1) is 0 Å². The summed E-state index contributed by atoms with van der Waals surface area (Å²) < 4.78 is 11.9. The molecular formula is C20H20BrNO2. The van der Waals surface area contributed by atoms with E-state index >= 15 is 0 Å². The first-order valence-corrected chi connectivity index (χ1v) is 8.78. The van der Waals surface area contributed by atoms with E-state index in [-0.39, 0.29) is 5.41 Å². The van der Waals surface area contributed by atoms with Crippen molar-refractivity contribution in [2.24, 2.45) is 0 Å². The summed E-state index contributed by atoms with van der Waals surface area (Å²) in [6.45, 7) is 1.32. The van der Waals surface area contributed by atoms with Gasteiger partial charge < -0.3 is 9.47 Å². The summed E-state index contributed by atoms with van der Waals surface area (Å²) in [6, 6.07) is 14.7. The molecule has 0 heterocycles. The highest BCUT2D eigenvalue weighted by Gasteiger charge is 2.42. The molecule has 0 N–H and O–H groups in total. The molecular weight excluding hydrogens is 366 g/mol. The zero-order valence-corrected chi connectivity index (χ0v) is 15.5. The van der Waals surface area contributed by atoms with E-state index in [9.17, 15) is 5.26 Å². The third kappa shape index (κ3) is 2.77. The number of hydrogen-bond acceptors (Lipinski definition) is 3. The number of fused-ring (bicyclic) bond motifs is 3. The molecule has 0 unspecified atom stereocenters. The Morgan fingerprint density at radius 1 is 0.958 bits per heavy atom. The fourth-order valence-electron chi connectivity index (χ4n) is 3.75. The molecule has 24 heavy (non-hydrogen) atoms. The molecule has 0 amide bonds. The monoisotopic (exact) mass is 385 g/mol. The van der Waals surface area contributed by atoms with Crippen molar-refractivity contribution < 1.29 is 9.47 Å². The Balaban J connectivity index is 2.25. The molecule has 0 saturated carbocycles. The minimum atomic E-state index is -0.187. The fraction of sp³-hybridized carbons (Fsp3) is 0.350. The van der Waals surface area contributed by atoms with E-state index in [4.69, 9.17) is 9.47 Å². The standard InChI is InChI=1S/C20H20BrNO2/c1-23-9-7-20(8-10-24-2)18-11-14(13-22)3-5-16(18)17-6-4-15(21)12-19(17)20/h3-6,11-12H,7-10H2,1-2H3. The predicted molar refractivity (Wildman–Crippen MR) is 98.1 cm³/mol. The molecule has 1 aliphatic carbocycles. The highest BCUT2D eigenvalue weighted by atomic mass is 79.9. The van der Waals surface area contributed by atoms with Crippen molar-refractivity contribution in [3.05, 3.63) is 57.6 Å². The quantitative estimate of drug-likeness (QED) is 0.725. The zero-order valence-electron chi connectivity index (χ0n) is 13.9. The second kappa shape index (κ2) is 7.06. The van der Waals surface area contributed by atoms with Crippen molar-refractivity contribution in [3.8, 4) is 17.2 Å². The van der Waals surface area contributed by atoms with E-state index in [2.05, 4.69) is 46.3 Å². The van der Waals surface area contributed by atoms with Crippen LogP contribution in [0.25, 0.3) is 11.1 Å². The molecule has 0 aliphatic heterocycles. The van der Waals surface area contributed by atoms with Gasteiger partial charge in [-0.05, 0) is 59.4 Å². The molecule has 0 fully saturated rings. The molecule has 2 aromatic rings. The maximum absolute atomic E-state index is 9.35. The minimum Gasteiger partial charge on any atom is -0.385 e. The van der Waals surface area contributed by atoms with E-state index in [0.717, 1.165) is 17.3 Å². The number of rotatable bonds is 6. The lowest BCUT2D eigenvalue weighted by Gasteiger charge is -2.32. The number of hydrogen-bond donors (Lipinski definition) is 0. The molecule has 0 saturated heterocycles. The predicted octanol–water partition coefficient (Wildman–Crippen LogP) is 4.66. The number of ether oxygens (including phenoxy) is 2. The van der Waals surface area contributed by atoms with Crippen LogP contribution in [0.15, 0.2) is 40.9 Å². The van der Waals surface area contributed by atoms with E-state index < -0.39 is 0 Å². The van der Waals surface area contributed by atoms with Gasteiger partial charge in [0.2, 0.25) is 0 Å². The van der Waals surface area contributed by atoms with Gasteiger partial charge in [-0.3, -0.25) is 0 Å². The van der Waals surface area contributed by atoms with Gasteiger partial charge in [0.25, 0.3) is 0 Å². The van der Waals surface area contributed by atoms with Crippen LogP contribution in [0, 0.1) is 11.3 Å². The molecule has 0 bridgehead atoms. The second-order valence-electron chi connectivity index (χ2n) is 6.13. The average molecular weight is 386 g/mol. The molecule has 124 valence electrons. The lowest BCUT2D eigenvalue weighted by molar-refractivity contribution is 0.145. The van der Waals surface area contributed by atoms with E-state index in [1.807, 2.05) is 12.1 Å². The lowest BCUT2D eigenvalue weighted by atomic mass is 9.73. The van der Waals surface area contributed by atoms with Gasteiger partial charge in [0.15, 0.2) is 0 Å². The van der Waals surface area contributed by atoms with Crippen LogP contribution in [0.2, 0.25) is 0 Å². The van der Waals surface area contributed by atoms with Gasteiger partial charge in [0.1, 0.15) is 0 Å². The van der Waals surface area contributed by atoms with Gasteiger partial charge in [-0.2, -0.15) is 5.26 Å². The highest BCUT2D eigenvalue weighted by molar-refractivity contribution is 9.10. The lowest BCUT2D eigenvalue weighted by Crippen LogP contribution is -2.29. The Labute approximate surface area is 151 Å². The highest BCUT2D eigenvalue weighted by Crippen LogP contribution is 2.53. The Morgan fingerprint density at radius 3 is 2.12 bits per heavy atom. The molecule has 0 spiro atoms. The Bertz CT molecular complexity index is 787. The summed E-state index contributed by atoms with van der Waals surface area (Å²) in [5.74, 6) is 0. The van der Waals surface area contributed by atoms with Crippen LogP contribution in [-0.2, 0) is 14.9 Å². The van der Waals surface area contributed by atoms with Crippen LogP contribution in [-0.4, -0.2) is 27.4 Å². The fourth-order valence-corrected chi connectivity index (χ4v) is 4.11. The van der Waals surface area contributed by atoms with Crippen LogP contribution in [0.1, 0.15) is 29.5 Å². The number of benzene rings is 2. The first-order valence-electron chi connectivity index (χ1n) is 7.99. The van der Waals surface area contributed by atoms with Crippen molar-refractivity contribution in [2.45, 2.75) is 18.3 Å². The Kier molecular flexibility index (Phi) is 5.05. The second-order valence-corrected chi connectivity index (χ2v) is 7.05. The Hall–Kier alpha value is -1.67. The molecule has 3 nitrogen and oxygen atoms in total. The summed E-state index contributed by atoms with van der Waals surface area (Å²) in [6.07, 6.45) is 1.72. The van der Waals surface area contributed by atoms with Gasteiger partial charge in [-0.1, -0.05) is 28.1 Å². The summed E-state index contributed by atoms with van der Waals surface area (Å²) >= 11 is 3.61. The van der Waals surface area contributed by atoms with E-state index in [1.165, 1.54) is 22.3 Å². The van der Waals surface area contributed by atoms with Crippen molar-refractivity contribution in [1.82, 2.24) is 0 Å². The summed E-state index contributed by atoms with van der Waals surface area (Å²) in [7, 11) is 3.46. The number of nitriles is 1. The first-order chi connectivity index (χ1) is 11.7. The molecule has 0 radical (unpaired) electrons. The van der Waals surface area contributed by atoms with Gasteiger partial charge in [0.05, 0.1) is 11.6 Å². The van der Waals surface area contributed by atoms with Crippen LogP contribution in [0.3, 0.4) is 0 Å². The number of methoxy groups -OCH3 is 2. The van der Waals surface area contributed by atoms with E-state index in [1.54, 1.807) is 14.2 Å². The molecule has 0 atom stereocenters. The molecule has 4 heteroatoms. The van der Waals surface area contributed by atoms with Crippen LogP contribution < -0.4 is 0 Å². The summed E-state index contributed by atoms with van der Waals surface area (Å²) in [4.78, 5) is 0. The maximum atomic E-state index is 9.35. The van der Waals surface area contributed by atoms with Crippen LogP contribution in [0.5, 0.6) is 0 Å². The third-order valence-electron chi connectivity index (χ3n) is 4.92. The SMILES string of the molecule is COCCC1(CCOC)c2cc(Br)ccc2-c2ccc(C#N)cc21. The zero-order chi connectivity index (χ0) is 17.2.